The number of hydrogen-bond acceptors (Lipinski definition) is 3. The van der Waals surface area contributed by atoms with E-state index in [2.05, 4.69) is 31.0 Å². The SMILES string of the molecule is CC(C)N1CCC(CC2(C)NCCO2)CC1.Cl. The molecule has 0 aromatic heterocycles. The van der Waals surface area contributed by atoms with Gasteiger partial charge >= 0.3 is 0 Å². The van der Waals surface area contributed by atoms with Crippen LogP contribution in [-0.4, -0.2) is 42.9 Å². The molecule has 0 saturated carbocycles. The molecule has 2 aliphatic heterocycles. The lowest BCUT2D eigenvalue weighted by Crippen LogP contribution is -2.44. The van der Waals surface area contributed by atoms with Gasteiger partial charge in [-0.1, -0.05) is 0 Å². The van der Waals surface area contributed by atoms with E-state index < -0.39 is 0 Å². The first kappa shape index (κ1) is 15.2. The molecule has 102 valence electrons. The molecule has 0 amide bonds. The number of ether oxygens (including phenoxy) is 1. The second-order valence-electron chi connectivity index (χ2n) is 5.78. The predicted molar refractivity (Wildman–Crippen MR) is 73.7 cm³/mol. The van der Waals surface area contributed by atoms with Gasteiger partial charge in [0.2, 0.25) is 0 Å². The number of likely N-dealkylation sites (tertiary alicyclic amines) is 1. The van der Waals surface area contributed by atoms with Crippen LogP contribution in [0.5, 0.6) is 0 Å². The molecule has 2 rings (SSSR count). The summed E-state index contributed by atoms with van der Waals surface area (Å²) in [6, 6.07) is 0.706. The maximum Gasteiger partial charge on any atom is 0.116 e. The number of nitrogens with one attached hydrogen (secondary N) is 1. The van der Waals surface area contributed by atoms with Crippen molar-refractivity contribution in [2.24, 2.45) is 5.92 Å². The summed E-state index contributed by atoms with van der Waals surface area (Å²) in [5, 5.41) is 3.48. The molecule has 1 N–H and O–H groups in total. The lowest BCUT2D eigenvalue weighted by atomic mass is 9.88. The van der Waals surface area contributed by atoms with Crippen LogP contribution in [-0.2, 0) is 4.74 Å². The Kier molecular flexibility index (Phi) is 5.71. The lowest BCUT2D eigenvalue weighted by molar-refractivity contribution is -0.0220. The first-order valence-corrected chi connectivity index (χ1v) is 6.72. The summed E-state index contributed by atoms with van der Waals surface area (Å²) in [5.74, 6) is 0.839. The zero-order chi connectivity index (χ0) is 11.6. The van der Waals surface area contributed by atoms with Crippen molar-refractivity contribution in [3.8, 4) is 0 Å². The van der Waals surface area contributed by atoms with E-state index in [9.17, 15) is 0 Å². The van der Waals surface area contributed by atoms with Crippen LogP contribution in [0.25, 0.3) is 0 Å². The molecular formula is C13H27ClN2O. The van der Waals surface area contributed by atoms with Crippen LogP contribution < -0.4 is 5.32 Å². The van der Waals surface area contributed by atoms with Crippen LogP contribution in [0.15, 0.2) is 0 Å². The van der Waals surface area contributed by atoms with Crippen molar-refractivity contribution in [3.05, 3.63) is 0 Å². The minimum Gasteiger partial charge on any atom is -0.360 e. The van der Waals surface area contributed by atoms with Gasteiger partial charge in [0, 0.05) is 12.6 Å². The number of nitrogens with zero attached hydrogens (tertiary/aromatic N) is 1. The lowest BCUT2D eigenvalue weighted by Gasteiger charge is -2.37. The first-order valence-electron chi connectivity index (χ1n) is 6.72. The maximum absolute atomic E-state index is 5.79. The van der Waals surface area contributed by atoms with Crippen LogP contribution in [0.4, 0.5) is 0 Å². The van der Waals surface area contributed by atoms with E-state index in [0.717, 1.165) is 19.1 Å². The molecule has 2 aliphatic rings. The quantitative estimate of drug-likeness (QED) is 0.845. The van der Waals surface area contributed by atoms with Crippen molar-refractivity contribution in [1.29, 1.82) is 0 Å². The Bertz CT molecular complexity index is 221. The fourth-order valence-corrected chi connectivity index (χ4v) is 3.00. The molecule has 1 unspecified atom stereocenters. The maximum atomic E-state index is 5.79. The van der Waals surface area contributed by atoms with Gasteiger partial charge in [0.25, 0.3) is 0 Å². The van der Waals surface area contributed by atoms with Crippen LogP contribution in [0.2, 0.25) is 0 Å². The topological polar surface area (TPSA) is 24.5 Å². The molecule has 2 fully saturated rings. The predicted octanol–water partition coefficient (Wildman–Crippen LogP) is 2.25. The number of rotatable bonds is 3. The summed E-state index contributed by atoms with van der Waals surface area (Å²) >= 11 is 0. The fraction of sp³-hybridized carbons (Fsp3) is 1.00. The summed E-state index contributed by atoms with van der Waals surface area (Å²) < 4.78 is 5.79. The monoisotopic (exact) mass is 262 g/mol. The van der Waals surface area contributed by atoms with Gasteiger partial charge in [-0.25, -0.2) is 0 Å². The van der Waals surface area contributed by atoms with Crippen molar-refractivity contribution < 1.29 is 4.74 Å². The van der Waals surface area contributed by atoms with E-state index in [1.54, 1.807) is 0 Å². The van der Waals surface area contributed by atoms with Crippen LogP contribution in [0.3, 0.4) is 0 Å². The first-order chi connectivity index (χ1) is 7.59. The van der Waals surface area contributed by atoms with Crippen LogP contribution >= 0.6 is 12.4 Å². The van der Waals surface area contributed by atoms with Crippen molar-refractivity contribution >= 4 is 12.4 Å². The van der Waals surface area contributed by atoms with E-state index >= 15 is 0 Å². The molecule has 0 bridgehead atoms. The van der Waals surface area contributed by atoms with Gasteiger partial charge in [0.05, 0.1) is 6.61 Å². The van der Waals surface area contributed by atoms with E-state index in [1.165, 1.54) is 32.4 Å². The Balaban J connectivity index is 0.00000144. The van der Waals surface area contributed by atoms with Crippen LogP contribution in [0, 0.1) is 5.92 Å². The normalized spacial score (nSPS) is 31.8. The highest BCUT2D eigenvalue weighted by Crippen LogP contribution is 2.29. The zero-order valence-electron chi connectivity index (χ0n) is 11.4. The molecule has 17 heavy (non-hydrogen) atoms. The molecular weight excluding hydrogens is 236 g/mol. The molecule has 2 heterocycles. The molecule has 2 saturated heterocycles. The Labute approximate surface area is 112 Å². The summed E-state index contributed by atoms with van der Waals surface area (Å²) in [7, 11) is 0. The van der Waals surface area contributed by atoms with Crippen molar-refractivity contribution in [2.75, 3.05) is 26.2 Å². The molecule has 0 aromatic rings. The van der Waals surface area contributed by atoms with Crippen molar-refractivity contribution in [2.45, 2.75) is 51.8 Å². The highest BCUT2D eigenvalue weighted by atomic mass is 35.5. The van der Waals surface area contributed by atoms with E-state index in [4.69, 9.17) is 4.74 Å². The fourth-order valence-electron chi connectivity index (χ4n) is 3.00. The molecule has 4 heteroatoms. The zero-order valence-corrected chi connectivity index (χ0v) is 12.2. The number of hydrogen-bond donors (Lipinski definition) is 1. The van der Waals surface area contributed by atoms with Crippen LogP contribution in [0.1, 0.15) is 40.0 Å². The van der Waals surface area contributed by atoms with Gasteiger partial charge in [-0.05, 0) is 59.0 Å². The standard InChI is InChI=1S/C13H26N2O.ClH/c1-11(2)15-7-4-12(5-8-15)10-13(3)14-6-9-16-13;/h11-12,14H,4-10H2,1-3H3;1H. The largest absolute Gasteiger partial charge is 0.360 e. The van der Waals surface area contributed by atoms with Gasteiger partial charge < -0.3 is 9.64 Å². The number of piperidine rings is 1. The third-order valence-electron chi connectivity index (χ3n) is 4.08. The average molecular weight is 263 g/mol. The molecule has 3 nitrogen and oxygen atoms in total. The summed E-state index contributed by atoms with van der Waals surface area (Å²) in [4.78, 5) is 2.59. The van der Waals surface area contributed by atoms with Gasteiger partial charge in [-0.3, -0.25) is 5.32 Å². The van der Waals surface area contributed by atoms with Gasteiger partial charge in [0.1, 0.15) is 5.72 Å². The molecule has 0 spiro atoms. The summed E-state index contributed by atoms with van der Waals surface area (Å²) in [5.41, 5.74) is -0.0370. The van der Waals surface area contributed by atoms with E-state index in [1.807, 2.05) is 0 Å². The van der Waals surface area contributed by atoms with Gasteiger partial charge in [0.15, 0.2) is 0 Å². The average Bonchev–Trinajstić information content (AvgIpc) is 2.65. The Hall–Kier alpha value is 0.170. The Morgan fingerprint density at radius 3 is 2.47 bits per heavy atom. The third-order valence-corrected chi connectivity index (χ3v) is 4.08. The van der Waals surface area contributed by atoms with E-state index in [-0.39, 0.29) is 18.1 Å². The Morgan fingerprint density at radius 1 is 1.35 bits per heavy atom. The minimum absolute atomic E-state index is 0. The minimum atomic E-state index is -0.0370. The van der Waals surface area contributed by atoms with Gasteiger partial charge in [-0.15, -0.1) is 12.4 Å². The molecule has 0 radical (unpaired) electrons. The highest BCUT2D eigenvalue weighted by Gasteiger charge is 2.33. The van der Waals surface area contributed by atoms with E-state index in [0.29, 0.717) is 6.04 Å². The second-order valence-corrected chi connectivity index (χ2v) is 5.78. The van der Waals surface area contributed by atoms with Crippen molar-refractivity contribution in [1.82, 2.24) is 10.2 Å². The molecule has 1 atom stereocenters. The summed E-state index contributed by atoms with van der Waals surface area (Å²) in [6.07, 6.45) is 3.84. The Morgan fingerprint density at radius 2 is 2.00 bits per heavy atom. The second kappa shape index (κ2) is 6.37. The highest BCUT2D eigenvalue weighted by molar-refractivity contribution is 5.85. The molecule has 0 aromatic carbocycles. The van der Waals surface area contributed by atoms with Crippen molar-refractivity contribution in [3.63, 3.8) is 0 Å². The summed E-state index contributed by atoms with van der Waals surface area (Å²) in [6.45, 7) is 11.2. The number of halogens is 1. The molecule has 0 aliphatic carbocycles. The van der Waals surface area contributed by atoms with Gasteiger partial charge in [-0.2, -0.15) is 0 Å². The third kappa shape index (κ3) is 4.09. The smallest absolute Gasteiger partial charge is 0.116 e.